The van der Waals surface area contributed by atoms with Gasteiger partial charge in [0.2, 0.25) is 0 Å². The molecule has 1 atom stereocenters. The van der Waals surface area contributed by atoms with Crippen molar-refractivity contribution in [1.82, 2.24) is 29.4 Å². The van der Waals surface area contributed by atoms with Crippen molar-refractivity contribution in [3.05, 3.63) is 118 Å². The van der Waals surface area contributed by atoms with Crippen LogP contribution in [0.5, 0.6) is 11.5 Å². The van der Waals surface area contributed by atoms with Crippen molar-refractivity contribution in [3.8, 4) is 34.0 Å². The maximum Gasteiger partial charge on any atom is 0.387 e. The van der Waals surface area contributed by atoms with E-state index in [0.717, 1.165) is 57.2 Å². The van der Waals surface area contributed by atoms with Crippen LogP contribution in [0.2, 0.25) is 0 Å². The Hall–Kier alpha value is -6.00. The van der Waals surface area contributed by atoms with Crippen LogP contribution in [-0.2, 0) is 0 Å². The summed E-state index contributed by atoms with van der Waals surface area (Å²) in [5.41, 5.74) is 4.91. The predicted molar refractivity (Wildman–Crippen MR) is 202 cm³/mol. The number of ether oxygens (including phenoxy) is 2. The second kappa shape index (κ2) is 16.6. The molecule has 0 radical (unpaired) electrons. The average molecular weight is 759 g/mol. The van der Waals surface area contributed by atoms with Crippen LogP contribution in [0.15, 0.2) is 107 Å². The Morgan fingerprint density at radius 2 is 1.09 bits per heavy atom. The fraction of sp³-hybridized carbons (Fsp3) is 0.282. The molecular formula is C39H38F4N8O4. The molecule has 6 aromatic rings. The van der Waals surface area contributed by atoms with Gasteiger partial charge in [0.1, 0.15) is 22.8 Å². The monoisotopic (exact) mass is 758 g/mol. The van der Waals surface area contributed by atoms with Gasteiger partial charge in [-0.2, -0.15) is 17.6 Å². The van der Waals surface area contributed by atoms with Crippen molar-refractivity contribution in [2.75, 3.05) is 55.6 Å². The number of hydrogen-bond acceptors (Lipinski definition) is 10. The zero-order valence-electron chi connectivity index (χ0n) is 29.7. The van der Waals surface area contributed by atoms with Gasteiger partial charge in [-0.25, -0.2) is 9.97 Å². The van der Waals surface area contributed by atoms with Crippen LogP contribution in [0.25, 0.3) is 33.8 Å². The van der Waals surface area contributed by atoms with Crippen LogP contribution in [-0.4, -0.2) is 83.8 Å². The summed E-state index contributed by atoms with van der Waals surface area (Å²) >= 11 is 0. The normalized spacial score (nSPS) is 16.0. The highest BCUT2D eigenvalue weighted by atomic mass is 19.3. The number of fused-ring (bicyclic) bond motifs is 2. The van der Waals surface area contributed by atoms with E-state index in [-0.39, 0.29) is 22.6 Å². The van der Waals surface area contributed by atoms with Crippen molar-refractivity contribution < 1.29 is 27.0 Å². The molecule has 2 N–H and O–H groups in total. The smallest absolute Gasteiger partial charge is 0.387 e. The molecule has 0 amide bonds. The molecular weight excluding hydrogens is 720 g/mol. The Kier molecular flexibility index (Phi) is 11.2. The Balaban J connectivity index is 0.000000169. The van der Waals surface area contributed by atoms with Gasteiger partial charge in [-0.05, 0) is 79.7 Å². The summed E-state index contributed by atoms with van der Waals surface area (Å²) in [5.74, 6) is 0.123. The fourth-order valence-corrected chi connectivity index (χ4v) is 6.56. The highest BCUT2D eigenvalue weighted by molar-refractivity contribution is 5.65. The van der Waals surface area contributed by atoms with Crippen LogP contribution in [0.1, 0.15) is 6.92 Å². The van der Waals surface area contributed by atoms with Crippen LogP contribution >= 0.6 is 0 Å². The van der Waals surface area contributed by atoms with E-state index < -0.39 is 13.2 Å². The summed E-state index contributed by atoms with van der Waals surface area (Å²) in [7, 11) is 0. The molecule has 2 aliphatic heterocycles. The second-order valence-electron chi connectivity index (χ2n) is 13.0. The number of alkyl halides is 4. The largest absolute Gasteiger partial charge is 0.435 e. The van der Waals surface area contributed by atoms with Gasteiger partial charge < -0.3 is 29.9 Å². The number of pyridine rings is 2. The Bertz CT molecular complexity index is 2370. The first-order valence-corrected chi connectivity index (χ1v) is 17.7. The highest BCUT2D eigenvalue weighted by Gasteiger charge is 2.17. The standard InChI is InChI=1S/C20H20F2N4O2.C19H18F2N4O2/c1-13-11-25(9-8-23-13)15-4-7-18-24-17(10-19(27)26(18)12-15)14-2-5-16(6-3-14)28-20(21)22;20-19(21)27-15-4-1-13(2-5-15)16-11-18(26)25-12-14(3-6-17(25)23-16)24-9-7-22-8-10-24/h2-7,10,12-13,20,23H,8-9,11H2,1H3;1-6,11-12,19,22H,7-10H2/t13-;/m0./s1. The number of halogens is 4. The average Bonchev–Trinajstić information content (AvgIpc) is 3.18. The molecule has 55 heavy (non-hydrogen) atoms. The molecule has 0 saturated carbocycles. The molecule has 2 aromatic carbocycles. The van der Waals surface area contributed by atoms with Crippen molar-refractivity contribution in [2.45, 2.75) is 26.2 Å². The Labute approximate surface area is 312 Å². The van der Waals surface area contributed by atoms with Gasteiger partial charge in [0.05, 0.1) is 22.8 Å². The summed E-state index contributed by atoms with van der Waals surface area (Å²) in [6.45, 7) is 2.64. The van der Waals surface area contributed by atoms with Crippen molar-refractivity contribution in [2.24, 2.45) is 0 Å². The van der Waals surface area contributed by atoms with Gasteiger partial charge in [-0.3, -0.25) is 18.4 Å². The minimum atomic E-state index is -2.87. The van der Waals surface area contributed by atoms with Crippen LogP contribution in [0, 0.1) is 0 Å². The number of rotatable bonds is 8. The summed E-state index contributed by atoms with van der Waals surface area (Å²) in [6, 6.07) is 23.0. The molecule has 0 unspecified atom stereocenters. The Morgan fingerprint density at radius 3 is 1.55 bits per heavy atom. The first-order valence-electron chi connectivity index (χ1n) is 17.7. The molecule has 2 saturated heterocycles. The van der Waals surface area contributed by atoms with E-state index in [1.54, 1.807) is 30.5 Å². The first-order chi connectivity index (χ1) is 26.6. The molecule has 2 aliphatic rings. The Morgan fingerprint density at radius 1 is 0.636 bits per heavy atom. The van der Waals surface area contributed by atoms with Gasteiger partial charge in [0.15, 0.2) is 0 Å². The van der Waals surface area contributed by atoms with Crippen molar-refractivity contribution in [3.63, 3.8) is 0 Å². The number of benzene rings is 2. The lowest BCUT2D eigenvalue weighted by Crippen LogP contribution is -2.49. The summed E-state index contributed by atoms with van der Waals surface area (Å²) in [6.07, 6.45) is 3.62. The lowest BCUT2D eigenvalue weighted by Gasteiger charge is -2.33. The van der Waals surface area contributed by atoms with Gasteiger partial charge in [-0.1, -0.05) is 0 Å². The van der Waals surface area contributed by atoms with E-state index in [0.29, 0.717) is 39.9 Å². The SMILES string of the molecule is C[C@H]1CN(c2ccc3nc(-c4ccc(OC(F)F)cc4)cc(=O)n3c2)CCN1.O=c1cc(-c2ccc(OC(F)F)cc2)nc2ccc(N3CCNCC3)cn12. The first kappa shape index (κ1) is 37.3. The molecule has 12 nitrogen and oxygen atoms in total. The minimum Gasteiger partial charge on any atom is -0.435 e. The number of nitrogens with one attached hydrogen (secondary N) is 2. The van der Waals surface area contributed by atoms with Crippen molar-refractivity contribution >= 4 is 22.7 Å². The van der Waals surface area contributed by atoms with Crippen molar-refractivity contribution in [1.29, 1.82) is 0 Å². The van der Waals surface area contributed by atoms with Gasteiger partial charge >= 0.3 is 13.2 Å². The third kappa shape index (κ3) is 9.04. The van der Waals surface area contributed by atoms with E-state index in [4.69, 9.17) is 0 Å². The lowest BCUT2D eigenvalue weighted by molar-refractivity contribution is -0.0505. The third-order valence-electron chi connectivity index (χ3n) is 9.25. The zero-order valence-corrected chi connectivity index (χ0v) is 29.7. The highest BCUT2D eigenvalue weighted by Crippen LogP contribution is 2.24. The maximum absolute atomic E-state index is 12.7. The molecule has 0 aliphatic carbocycles. The van der Waals surface area contributed by atoms with E-state index in [1.165, 1.54) is 45.2 Å². The third-order valence-corrected chi connectivity index (χ3v) is 9.25. The lowest BCUT2D eigenvalue weighted by atomic mass is 10.1. The predicted octanol–water partition coefficient (Wildman–Crippen LogP) is 5.13. The quantitative estimate of drug-likeness (QED) is 0.203. The number of anilines is 2. The molecule has 2 fully saturated rings. The molecule has 6 heterocycles. The maximum atomic E-state index is 12.7. The molecule has 8 rings (SSSR count). The molecule has 16 heteroatoms. The zero-order chi connectivity index (χ0) is 38.5. The topological polar surface area (TPSA) is 118 Å². The van der Waals surface area contributed by atoms with Crippen LogP contribution in [0.4, 0.5) is 28.9 Å². The number of aromatic nitrogens is 4. The van der Waals surface area contributed by atoms with Crippen LogP contribution < -0.4 is 41.0 Å². The number of nitrogens with zero attached hydrogens (tertiary/aromatic N) is 6. The number of hydrogen-bond donors (Lipinski definition) is 2. The summed E-state index contributed by atoms with van der Waals surface area (Å²) < 4.78 is 60.8. The van der Waals surface area contributed by atoms with E-state index in [9.17, 15) is 27.2 Å². The molecule has 0 spiro atoms. The molecule has 0 bridgehead atoms. The van der Waals surface area contributed by atoms with Gasteiger partial charge in [0.25, 0.3) is 11.1 Å². The molecule has 286 valence electrons. The van der Waals surface area contributed by atoms with Crippen LogP contribution in [0.3, 0.4) is 0 Å². The van der Waals surface area contributed by atoms with E-state index in [1.807, 2.05) is 30.5 Å². The summed E-state index contributed by atoms with van der Waals surface area (Å²) in [4.78, 5) is 38.8. The fourth-order valence-electron chi connectivity index (χ4n) is 6.56. The molecule has 4 aromatic heterocycles. The van der Waals surface area contributed by atoms with Gasteiger partial charge in [-0.15, -0.1) is 0 Å². The minimum absolute atomic E-state index is 0.0613. The van der Waals surface area contributed by atoms with Gasteiger partial charge in [0, 0.05) is 87.5 Å². The van der Waals surface area contributed by atoms with E-state index in [2.05, 4.69) is 46.8 Å². The summed E-state index contributed by atoms with van der Waals surface area (Å²) in [5, 5.41) is 6.70. The van der Waals surface area contributed by atoms with E-state index >= 15 is 0 Å². The second-order valence-corrected chi connectivity index (χ2v) is 13.0. The number of piperazine rings is 2.